The van der Waals surface area contributed by atoms with Gasteiger partial charge in [0.25, 0.3) is 20.0 Å². The minimum Gasteiger partial charge on any atom is -0.279 e. The van der Waals surface area contributed by atoms with Gasteiger partial charge in [0.1, 0.15) is 0 Å². The molecule has 0 heterocycles. The normalized spacial score (nSPS) is 11.9. The van der Waals surface area contributed by atoms with Gasteiger partial charge >= 0.3 is 0 Å². The first-order valence-corrected chi connectivity index (χ1v) is 13.1. The highest BCUT2D eigenvalue weighted by atomic mass is 32.2. The average Bonchev–Trinajstić information content (AvgIpc) is 2.73. The molecule has 3 rings (SSSR count). The van der Waals surface area contributed by atoms with E-state index < -0.39 is 20.0 Å². The minimum atomic E-state index is -3.79. The molecule has 2 N–H and O–H groups in total. The van der Waals surface area contributed by atoms with Crippen LogP contribution in [0.2, 0.25) is 0 Å². The maximum Gasteiger partial charge on any atom is 0.261 e. The standard InChI is InChI=1S/C24H28N2O4S2/c1-15-7-11-21(12-8-15)31(27,28)25-23-17(3)19(5)24(20(6)18(23)4)26-32(29,30)22-13-9-16(2)10-14-22/h7-14,25-26H,1-6H3. The van der Waals surface area contributed by atoms with Crippen LogP contribution in [0.4, 0.5) is 11.4 Å². The van der Waals surface area contributed by atoms with Crippen LogP contribution in [0.25, 0.3) is 0 Å². The molecule has 0 fully saturated rings. The van der Waals surface area contributed by atoms with Gasteiger partial charge in [0.2, 0.25) is 0 Å². The summed E-state index contributed by atoms with van der Waals surface area (Å²) < 4.78 is 57.2. The lowest BCUT2D eigenvalue weighted by Gasteiger charge is -2.22. The highest BCUT2D eigenvalue weighted by molar-refractivity contribution is 7.93. The fraction of sp³-hybridized carbons (Fsp3) is 0.250. The molecule has 0 atom stereocenters. The van der Waals surface area contributed by atoms with Gasteiger partial charge < -0.3 is 0 Å². The Balaban J connectivity index is 2.03. The Hall–Kier alpha value is -2.84. The Labute approximate surface area is 190 Å². The van der Waals surface area contributed by atoms with Gasteiger partial charge in [0.15, 0.2) is 0 Å². The highest BCUT2D eigenvalue weighted by Gasteiger charge is 2.23. The molecule has 0 saturated carbocycles. The van der Waals surface area contributed by atoms with E-state index in [0.717, 1.165) is 11.1 Å². The number of sulfonamides is 2. The van der Waals surface area contributed by atoms with E-state index in [1.807, 2.05) is 13.8 Å². The lowest BCUT2D eigenvalue weighted by atomic mass is 9.97. The van der Waals surface area contributed by atoms with Crippen molar-refractivity contribution in [2.75, 3.05) is 9.44 Å². The van der Waals surface area contributed by atoms with Crippen molar-refractivity contribution in [3.05, 3.63) is 81.9 Å². The van der Waals surface area contributed by atoms with Crippen molar-refractivity contribution in [1.82, 2.24) is 0 Å². The summed E-state index contributed by atoms with van der Waals surface area (Å²) in [5.41, 5.74) is 5.48. The second-order valence-electron chi connectivity index (χ2n) is 8.09. The van der Waals surface area contributed by atoms with E-state index in [-0.39, 0.29) is 9.79 Å². The van der Waals surface area contributed by atoms with Crippen molar-refractivity contribution in [1.29, 1.82) is 0 Å². The maximum absolute atomic E-state index is 12.9. The molecular formula is C24H28N2O4S2. The van der Waals surface area contributed by atoms with E-state index in [1.54, 1.807) is 76.2 Å². The van der Waals surface area contributed by atoms with Crippen LogP contribution in [0.3, 0.4) is 0 Å². The van der Waals surface area contributed by atoms with Crippen molar-refractivity contribution in [2.45, 2.75) is 51.3 Å². The summed E-state index contributed by atoms with van der Waals surface area (Å²) in [7, 11) is -7.58. The van der Waals surface area contributed by atoms with Crippen LogP contribution in [0.5, 0.6) is 0 Å². The number of aryl methyl sites for hydroxylation is 2. The molecule has 3 aromatic carbocycles. The summed E-state index contributed by atoms with van der Waals surface area (Å²) in [6, 6.07) is 13.2. The maximum atomic E-state index is 12.9. The third-order valence-corrected chi connectivity index (χ3v) is 8.49. The monoisotopic (exact) mass is 472 g/mol. The molecule has 0 aliphatic heterocycles. The second kappa shape index (κ2) is 8.60. The zero-order valence-electron chi connectivity index (χ0n) is 19.1. The number of hydrogen-bond donors (Lipinski definition) is 2. The van der Waals surface area contributed by atoms with E-state index in [0.29, 0.717) is 33.6 Å². The smallest absolute Gasteiger partial charge is 0.261 e. The zero-order chi connectivity index (χ0) is 23.8. The molecule has 32 heavy (non-hydrogen) atoms. The third-order valence-electron chi connectivity index (χ3n) is 5.76. The van der Waals surface area contributed by atoms with Crippen LogP contribution in [-0.4, -0.2) is 16.8 Å². The van der Waals surface area contributed by atoms with E-state index in [9.17, 15) is 16.8 Å². The topological polar surface area (TPSA) is 92.3 Å². The van der Waals surface area contributed by atoms with Crippen molar-refractivity contribution >= 4 is 31.4 Å². The average molecular weight is 473 g/mol. The second-order valence-corrected chi connectivity index (χ2v) is 11.5. The summed E-state index contributed by atoms with van der Waals surface area (Å²) in [5.74, 6) is 0. The molecule has 8 heteroatoms. The largest absolute Gasteiger partial charge is 0.279 e. The predicted octanol–water partition coefficient (Wildman–Crippen LogP) is 5.14. The summed E-state index contributed by atoms with van der Waals surface area (Å²) in [6.07, 6.45) is 0. The molecule has 6 nitrogen and oxygen atoms in total. The molecule has 0 amide bonds. The van der Waals surface area contributed by atoms with Crippen molar-refractivity contribution in [3.8, 4) is 0 Å². The molecule has 0 aliphatic rings. The molecule has 0 saturated heterocycles. The van der Waals surface area contributed by atoms with Crippen molar-refractivity contribution in [2.24, 2.45) is 0 Å². The zero-order valence-corrected chi connectivity index (χ0v) is 20.7. The quantitative estimate of drug-likeness (QED) is 0.520. The van der Waals surface area contributed by atoms with E-state index in [2.05, 4.69) is 9.44 Å². The molecular weight excluding hydrogens is 444 g/mol. The fourth-order valence-corrected chi connectivity index (χ4v) is 5.81. The van der Waals surface area contributed by atoms with Gasteiger partial charge in [-0.25, -0.2) is 16.8 Å². The first-order valence-electron chi connectivity index (χ1n) is 10.1. The number of nitrogens with one attached hydrogen (secondary N) is 2. The van der Waals surface area contributed by atoms with Crippen LogP contribution in [0.1, 0.15) is 33.4 Å². The summed E-state index contributed by atoms with van der Waals surface area (Å²) in [6.45, 7) is 10.9. The van der Waals surface area contributed by atoms with Crippen LogP contribution < -0.4 is 9.44 Å². The first kappa shape index (κ1) is 23.8. The van der Waals surface area contributed by atoms with E-state index in [1.165, 1.54) is 0 Å². The predicted molar refractivity (Wildman–Crippen MR) is 129 cm³/mol. The van der Waals surface area contributed by atoms with Crippen LogP contribution in [0, 0.1) is 41.5 Å². The van der Waals surface area contributed by atoms with E-state index >= 15 is 0 Å². The van der Waals surface area contributed by atoms with Gasteiger partial charge in [0, 0.05) is 0 Å². The lowest BCUT2D eigenvalue weighted by Crippen LogP contribution is -2.18. The fourth-order valence-electron chi connectivity index (χ4n) is 3.44. The first-order chi connectivity index (χ1) is 14.8. The SMILES string of the molecule is Cc1ccc(S(=O)(=O)Nc2c(C)c(C)c(NS(=O)(=O)c3ccc(C)cc3)c(C)c2C)cc1. The van der Waals surface area contributed by atoms with Gasteiger partial charge in [-0.1, -0.05) is 35.4 Å². The Morgan fingerprint density at radius 2 is 0.719 bits per heavy atom. The minimum absolute atomic E-state index is 0.168. The summed E-state index contributed by atoms with van der Waals surface area (Å²) >= 11 is 0. The van der Waals surface area contributed by atoms with Crippen LogP contribution in [-0.2, 0) is 20.0 Å². The molecule has 0 spiro atoms. The summed E-state index contributed by atoms with van der Waals surface area (Å²) in [5, 5.41) is 0. The van der Waals surface area contributed by atoms with E-state index in [4.69, 9.17) is 0 Å². The molecule has 170 valence electrons. The Kier molecular flexibility index (Phi) is 6.40. The van der Waals surface area contributed by atoms with Gasteiger partial charge in [-0.15, -0.1) is 0 Å². The van der Waals surface area contributed by atoms with Gasteiger partial charge in [-0.05, 0) is 88.1 Å². The highest BCUT2D eigenvalue weighted by Crippen LogP contribution is 2.36. The van der Waals surface area contributed by atoms with Gasteiger partial charge in [0.05, 0.1) is 21.2 Å². The number of rotatable bonds is 6. The Bertz CT molecular complexity index is 1240. The molecule has 0 unspecified atom stereocenters. The van der Waals surface area contributed by atoms with Crippen LogP contribution in [0.15, 0.2) is 58.3 Å². The Morgan fingerprint density at radius 1 is 0.469 bits per heavy atom. The van der Waals surface area contributed by atoms with Crippen molar-refractivity contribution in [3.63, 3.8) is 0 Å². The summed E-state index contributed by atoms with van der Waals surface area (Å²) in [4.78, 5) is 0.336. The molecule has 0 aliphatic carbocycles. The Morgan fingerprint density at radius 3 is 0.969 bits per heavy atom. The molecule has 0 bridgehead atoms. The number of hydrogen-bond acceptors (Lipinski definition) is 4. The van der Waals surface area contributed by atoms with Crippen molar-refractivity contribution < 1.29 is 16.8 Å². The third kappa shape index (κ3) is 4.66. The number of benzene rings is 3. The lowest BCUT2D eigenvalue weighted by molar-refractivity contribution is 0.599. The number of anilines is 2. The van der Waals surface area contributed by atoms with Gasteiger partial charge in [-0.3, -0.25) is 9.44 Å². The molecule has 0 radical (unpaired) electrons. The van der Waals surface area contributed by atoms with Crippen LogP contribution >= 0.6 is 0 Å². The molecule has 3 aromatic rings. The molecule has 0 aromatic heterocycles. The van der Waals surface area contributed by atoms with Gasteiger partial charge in [-0.2, -0.15) is 0 Å².